The molecule has 0 bridgehead atoms. The number of Topliss-reactive ketones (excluding diaryl/α,β-unsaturated/α-hetero) is 1. The van der Waals surface area contributed by atoms with Crippen LogP contribution in [0.1, 0.15) is 53.4 Å². The van der Waals surface area contributed by atoms with E-state index in [9.17, 15) is 4.79 Å². The van der Waals surface area contributed by atoms with Gasteiger partial charge >= 0.3 is 0 Å². The Morgan fingerprint density at radius 3 is 2.35 bits per heavy atom. The van der Waals surface area contributed by atoms with E-state index in [1.807, 2.05) is 0 Å². The molecule has 17 heavy (non-hydrogen) atoms. The molecule has 0 radical (unpaired) electrons. The van der Waals surface area contributed by atoms with Crippen LogP contribution in [0.2, 0.25) is 0 Å². The van der Waals surface area contributed by atoms with E-state index in [1.54, 1.807) is 0 Å². The van der Waals surface area contributed by atoms with Crippen molar-refractivity contribution in [3.05, 3.63) is 0 Å². The van der Waals surface area contributed by atoms with Crippen molar-refractivity contribution in [2.24, 2.45) is 17.3 Å². The van der Waals surface area contributed by atoms with Crippen molar-refractivity contribution >= 4 is 5.78 Å². The molecule has 0 saturated heterocycles. The van der Waals surface area contributed by atoms with Gasteiger partial charge in [0.05, 0.1) is 0 Å². The molecular formula is C15H27NO. The second-order valence-electron chi connectivity index (χ2n) is 7.06. The Bertz CT molecular complexity index is 291. The lowest BCUT2D eigenvalue weighted by molar-refractivity contribution is -0.128. The lowest BCUT2D eigenvalue weighted by Gasteiger charge is -2.27. The molecule has 2 rings (SSSR count). The third-order valence-corrected chi connectivity index (χ3v) is 4.27. The highest BCUT2D eigenvalue weighted by Crippen LogP contribution is 2.39. The van der Waals surface area contributed by atoms with Crippen molar-refractivity contribution in [3.8, 4) is 0 Å². The smallest absolute Gasteiger partial charge is 0.142 e. The van der Waals surface area contributed by atoms with Crippen LogP contribution >= 0.6 is 0 Å². The van der Waals surface area contributed by atoms with Gasteiger partial charge in [-0.1, -0.05) is 27.7 Å². The zero-order chi connectivity index (χ0) is 12.6. The molecule has 1 atom stereocenters. The van der Waals surface area contributed by atoms with E-state index in [-0.39, 0.29) is 5.41 Å². The van der Waals surface area contributed by atoms with Crippen molar-refractivity contribution in [2.45, 2.75) is 59.4 Å². The summed E-state index contributed by atoms with van der Waals surface area (Å²) in [5.74, 6) is 1.52. The quantitative estimate of drug-likeness (QED) is 0.732. The lowest BCUT2D eigenvalue weighted by atomic mass is 9.89. The summed E-state index contributed by atoms with van der Waals surface area (Å²) in [7, 11) is 0. The summed E-state index contributed by atoms with van der Waals surface area (Å²) >= 11 is 0. The normalized spacial score (nSPS) is 28.4. The molecule has 0 aromatic rings. The van der Waals surface area contributed by atoms with Gasteiger partial charge in [0, 0.05) is 30.5 Å². The fourth-order valence-electron chi connectivity index (χ4n) is 3.08. The van der Waals surface area contributed by atoms with Crippen LogP contribution in [-0.2, 0) is 4.79 Å². The number of rotatable bonds is 5. The topological polar surface area (TPSA) is 20.3 Å². The van der Waals surface area contributed by atoms with E-state index < -0.39 is 0 Å². The van der Waals surface area contributed by atoms with E-state index in [1.165, 1.54) is 12.8 Å². The summed E-state index contributed by atoms with van der Waals surface area (Å²) < 4.78 is 0. The van der Waals surface area contributed by atoms with Crippen LogP contribution in [0, 0.1) is 17.3 Å². The first kappa shape index (κ1) is 13.1. The second kappa shape index (κ2) is 4.72. The summed E-state index contributed by atoms with van der Waals surface area (Å²) in [6.45, 7) is 10.9. The minimum Gasteiger partial charge on any atom is -0.299 e. The first-order valence-electron chi connectivity index (χ1n) is 7.18. The monoisotopic (exact) mass is 237 g/mol. The Morgan fingerprint density at radius 2 is 1.94 bits per heavy atom. The maximum atomic E-state index is 12.3. The van der Waals surface area contributed by atoms with Gasteiger partial charge in [-0.25, -0.2) is 0 Å². The van der Waals surface area contributed by atoms with Crippen LogP contribution in [0.3, 0.4) is 0 Å². The van der Waals surface area contributed by atoms with Gasteiger partial charge in [0.25, 0.3) is 0 Å². The average Bonchev–Trinajstić information content (AvgIpc) is 3.01. The van der Waals surface area contributed by atoms with E-state index in [0.717, 1.165) is 32.0 Å². The van der Waals surface area contributed by atoms with Gasteiger partial charge in [-0.05, 0) is 31.6 Å². The maximum absolute atomic E-state index is 12.3. The minimum atomic E-state index is -0.0578. The Kier molecular flexibility index (Phi) is 3.63. The Morgan fingerprint density at radius 1 is 1.29 bits per heavy atom. The van der Waals surface area contributed by atoms with E-state index in [2.05, 4.69) is 32.6 Å². The van der Waals surface area contributed by atoms with Crippen LogP contribution in [0.15, 0.2) is 0 Å². The summed E-state index contributed by atoms with van der Waals surface area (Å²) in [6, 6.07) is 0.786. The van der Waals surface area contributed by atoms with Gasteiger partial charge in [-0.3, -0.25) is 9.69 Å². The molecule has 0 amide bonds. The van der Waals surface area contributed by atoms with Gasteiger partial charge in [-0.15, -0.1) is 0 Å². The molecular weight excluding hydrogens is 210 g/mol. The van der Waals surface area contributed by atoms with Crippen molar-refractivity contribution in [1.82, 2.24) is 4.90 Å². The van der Waals surface area contributed by atoms with Crippen LogP contribution in [-0.4, -0.2) is 29.8 Å². The van der Waals surface area contributed by atoms with Gasteiger partial charge in [0.1, 0.15) is 5.78 Å². The zero-order valence-corrected chi connectivity index (χ0v) is 11.8. The van der Waals surface area contributed by atoms with E-state index in [4.69, 9.17) is 0 Å². The third-order valence-electron chi connectivity index (χ3n) is 4.27. The number of carbonyl (C=O) groups excluding carboxylic acids is 1. The first-order chi connectivity index (χ1) is 7.90. The lowest BCUT2D eigenvalue weighted by Crippen LogP contribution is -2.37. The molecule has 98 valence electrons. The van der Waals surface area contributed by atoms with Gasteiger partial charge in [-0.2, -0.15) is 0 Å². The summed E-state index contributed by atoms with van der Waals surface area (Å²) in [4.78, 5) is 14.8. The standard InChI is InChI=1S/C15H27NO/c1-11(2)9-16(13-5-6-13)10-12-7-8-15(3,4)14(12)17/h11-13H,5-10H2,1-4H3. The maximum Gasteiger partial charge on any atom is 0.142 e. The van der Waals surface area contributed by atoms with E-state index in [0.29, 0.717) is 17.6 Å². The largest absolute Gasteiger partial charge is 0.299 e. The number of carbonyl (C=O) groups is 1. The molecule has 0 spiro atoms. The number of nitrogens with zero attached hydrogens (tertiary/aromatic N) is 1. The molecule has 0 N–H and O–H groups in total. The second-order valence-corrected chi connectivity index (χ2v) is 7.06. The minimum absolute atomic E-state index is 0.0578. The predicted molar refractivity (Wildman–Crippen MR) is 70.9 cm³/mol. The van der Waals surface area contributed by atoms with Crippen LogP contribution in [0.5, 0.6) is 0 Å². The summed E-state index contributed by atoms with van der Waals surface area (Å²) in [5, 5.41) is 0. The Hall–Kier alpha value is -0.370. The zero-order valence-electron chi connectivity index (χ0n) is 11.8. The van der Waals surface area contributed by atoms with Crippen molar-refractivity contribution in [3.63, 3.8) is 0 Å². The highest BCUT2D eigenvalue weighted by atomic mass is 16.1. The van der Waals surface area contributed by atoms with Crippen LogP contribution in [0.4, 0.5) is 0 Å². The van der Waals surface area contributed by atoms with Crippen molar-refractivity contribution < 1.29 is 4.79 Å². The van der Waals surface area contributed by atoms with Gasteiger partial charge in [0.15, 0.2) is 0 Å². The SMILES string of the molecule is CC(C)CN(CC1CCC(C)(C)C1=O)C1CC1. The molecule has 2 heteroatoms. The molecule has 0 aliphatic heterocycles. The Labute approximate surface area is 106 Å². The molecule has 2 fully saturated rings. The molecule has 0 heterocycles. The highest BCUT2D eigenvalue weighted by Gasteiger charge is 2.42. The Balaban J connectivity index is 1.92. The molecule has 0 aromatic carbocycles. The number of hydrogen-bond acceptors (Lipinski definition) is 2. The van der Waals surface area contributed by atoms with Gasteiger partial charge in [0.2, 0.25) is 0 Å². The van der Waals surface area contributed by atoms with Crippen molar-refractivity contribution in [2.75, 3.05) is 13.1 Å². The average molecular weight is 237 g/mol. The fraction of sp³-hybridized carbons (Fsp3) is 0.933. The first-order valence-corrected chi connectivity index (χ1v) is 7.18. The number of hydrogen-bond donors (Lipinski definition) is 0. The highest BCUT2D eigenvalue weighted by molar-refractivity contribution is 5.88. The van der Waals surface area contributed by atoms with Crippen LogP contribution < -0.4 is 0 Å². The number of ketones is 1. The third kappa shape index (κ3) is 3.09. The molecule has 2 aliphatic carbocycles. The predicted octanol–water partition coefficient (Wildman–Crippen LogP) is 3.11. The molecule has 0 aromatic heterocycles. The molecule has 2 saturated carbocycles. The van der Waals surface area contributed by atoms with Crippen LogP contribution in [0.25, 0.3) is 0 Å². The van der Waals surface area contributed by atoms with Gasteiger partial charge < -0.3 is 0 Å². The molecule has 2 nitrogen and oxygen atoms in total. The summed E-state index contributed by atoms with van der Waals surface area (Å²) in [6.07, 6.45) is 4.87. The molecule has 2 aliphatic rings. The van der Waals surface area contributed by atoms with E-state index >= 15 is 0 Å². The molecule has 1 unspecified atom stereocenters. The summed E-state index contributed by atoms with van der Waals surface area (Å²) in [5.41, 5.74) is -0.0578. The van der Waals surface area contributed by atoms with Crippen molar-refractivity contribution in [1.29, 1.82) is 0 Å². The fourth-order valence-corrected chi connectivity index (χ4v) is 3.08.